The lowest BCUT2D eigenvalue weighted by Crippen LogP contribution is -1.92. The van der Waals surface area contributed by atoms with E-state index in [0.717, 1.165) is 0 Å². The minimum absolute atomic E-state index is 0.00482. The first kappa shape index (κ1) is 13.6. The fraction of sp³-hybridized carbons (Fsp3) is 0.182. The van der Waals surface area contributed by atoms with Crippen molar-refractivity contribution in [3.63, 3.8) is 0 Å². The number of rotatable bonds is 5. The second-order valence-corrected chi connectivity index (χ2v) is 3.73. The quantitative estimate of drug-likeness (QED) is 0.511. The van der Waals surface area contributed by atoms with E-state index in [1.54, 1.807) is 0 Å². The van der Waals surface area contributed by atoms with E-state index in [9.17, 15) is 14.9 Å². The first-order valence-corrected chi connectivity index (χ1v) is 5.47. The molecule has 1 aromatic carbocycles. The molecule has 0 saturated heterocycles. The maximum absolute atomic E-state index is 11.4. The first-order chi connectivity index (χ1) is 9.61. The molecular formula is C11H10N4O5. The highest BCUT2D eigenvalue weighted by atomic mass is 16.6. The van der Waals surface area contributed by atoms with Gasteiger partial charge in [-0.25, -0.2) is 9.95 Å². The van der Waals surface area contributed by atoms with Crippen LogP contribution in [0.1, 0.15) is 5.69 Å². The third kappa shape index (κ3) is 2.95. The lowest BCUT2D eigenvalue weighted by molar-refractivity contribution is -0.384. The summed E-state index contributed by atoms with van der Waals surface area (Å²) in [6.07, 6.45) is 0. The van der Waals surface area contributed by atoms with Gasteiger partial charge in [-0.3, -0.25) is 10.1 Å². The number of hydrogen-bond acceptors (Lipinski definition) is 7. The van der Waals surface area contributed by atoms with E-state index in [0.29, 0.717) is 11.4 Å². The van der Waals surface area contributed by atoms with Crippen LogP contribution in [0.5, 0.6) is 0 Å². The summed E-state index contributed by atoms with van der Waals surface area (Å²) in [5.41, 5.74) is 0.0285. The smallest absolute Gasteiger partial charge is 0.378 e. The summed E-state index contributed by atoms with van der Waals surface area (Å²) in [4.78, 5) is 21.4. The number of H-pyrrole nitrogens is 1. The van der Waals surface area contributed by atoms with Gasteiger partial charge < -0.3 is 9.26 Å². The number of hydrogen-bond donors (Lipinski definition) is 1. The van der Waals surface area contributed by atoms with Crippen LogP contribution in [-0.2, 0) is 11.3 Å². The SMILES string of the molecule is COCc1[nH]oc(=O)c1N=Nc1ccc([N+](=O)[O-])cc1. The van der Waals surface area contributed by atoms with Gasteiger partial charge in [-0.2, -0.15) is 5.11 Å². The molecule has 0 aliphatic carbocycles. The van der Waals surface area contributed by atoms with Crippen molar-refractivity contribution < 1.29 is 14.2 Å². The Labute approximate surface area is 112 Å². The summed E-state index contributed by atoms with van der Waals surface area (Å²) in [6, 6.07) is 5.44. The van der Waals surface area contributed by atoms with Gasteiger partial charge in [0, 0.05) is 19.2 Å². The molecule has 0 saturated carbocycles. The lowest BCUT2D eigenvalue weighted by Gasteiger charge is -1.94. The normalized spacial score (nSPS) is 11.1. The minimum Gasteiger partial charge on any atom is -0.378 e. The van der Waals surface area contributed by atoms with Crippen LogP contribution in [-0.4, -0.2) is 17.2 Å². The van der Waals surface area contributed by atoms with Crippen molar-refractivity contribution >= 4 is 17.1 Å². The molecule has 0 fully saturated rings. The molecule has 1 N–H and O–H groups in total. The zero-order valence-electron chi connectivity index (χ0n) is 10.4. The fourth-order valence-corrected chi connectivity index (χ4v) is 1.42. The highest BCUT2D eigenvalue weighted by molar-refractivity contribution is 5.45. The molecule has 20 heavy (non-hydrogen) atoms. The average Bonchev–Trinajstić information content (AvgIpc) is 2.78. The van der Waals surface area contributed by atoms with Crippen LogP contribution in [0.3, 0.4) is 0 Å². The Morgan fingerprint density at radius 3 is 2.65 bits per heavy atom. The average molecular weight is 278 g/mol. The number of non-ortho nitro benzene ring substituents is 1. The Morgan fingerprint density at radius 2 is 2.05 bits per heavy atom. The second-order valence-electron chi connectivity index (χ2n) is 3.73. The second kappa shape index (κ2) is 5.89. The van der Waals surface area contributed by atoms with Crippen molar-refractivity contribution in [2.24, 2.45) is 10.2 Å². The van der Waals surface area contributed by atoms with Gasteiger partial charge in [-0.15, -0.1) is 5.11 Å². The molecule has 104 valence electrons. The molecule has 0 amide bonds. The van der Waals surface area contributed by atoms with Crippen molar-refractivity contribution in [2.75, 3.05) is 7.11 Å². The van der Waals surface area contributed by atoms with Crippen molar-refractivity contribution in [3.8, 4) is 0 Å². The maximum atomic E-state index is 11.4. The largest absolute Gasteiger partial charge is 0.385 e. The number of nitrogens with one attached hydrogen (secondary N) is 1. The molecule has 0 radical (unpaired) electrons. The van der Waals surface area contributed by atoms with Gasteiger partial charge in [0.25, 0.3) is 5.69 Å². The number of nitro groups is 1. The molecule has 2 rings (SSSR count). The Bertz CT molecular complexity index is 686. The number of ether oxygens (including phenoxy) is 1. The van der Waals surface area contributed by atoms with Crippen molar-refractivity contribution in [2.45, 2.75) is 6.61 Å². The minimum atomic E-state index is -0.664. The summed E-state index contributed by atoms with van der Waals surface area (Å²) in [6.45, 7) is 0.125. The van der Waals surface area contributed by atoms with Gasteiger partial charge in [0.05, 0.1) is 17.2 Å². The molecule has 9 nitrogen and oxygen atoms in total. The molecule has 0 unspecified atom stereocenters. The number of azo groups is 1. The van der Waals surface area contributed by atoms with Crippen LogP contribution < -0.4 is 5.63 Å². The molecule has 9 heteroatoms. The number of nitrogens with zero attached hydrogens (tertiary/aromatic N) is 3. The molecule has 1 aromatic heterocycles. The Morgan fingerprint density at radius 1 is 1.35 bits per heavy atom. The number of benzene rings is 1. The van der Waals surface area contributed by atoms with Crippen LogP contribution in [0, 0.1) is 10.1 Å². The van der Waals surface area contributed by atoms with E-state index in [4.69, 9.17) is 4.74 Å². The lowest BCUT2D eigenvalue weighted by atomic mass is 10.3. The van der Waals surface area contributed by atoms with Crippen LogP contribution in [0.25, 0.3) is 0 Å². The zero-order valence-corrected chi connectivity index (χ0v) is 10.4. The van der Waals surface area contributed by atoms with Crippen molar-refractivity contribution in [1.29, 1.82) is 0 Å². The number of methoxy groups -OCH3 is 1. The van der Waals surface area contributed by atoms with Crippen molar-refractivity contribution in [3.05, 3.63) is 50.5 Å². The number of nitro benzene ring substituents is 1. The van der Waals surface area contributed by atoms with Crippen LogP contribution >= 0.6 is 0 Å². The molecule has 0 aliphatic heterocycles. The predicted octanol–water partition coefficient (Wildman–Crippen LogP) is 2.44. The highest BCUT2D eigenvalue weighted by Crippen LogP contribution is 2.21. The van der Waals surface area contributed by atoms with Crippen molar-refractivity contribution in [1.82, 2.24) is 5.16 Å². The molecule has 0 aliphatic rings. The van der Waals surface area contributed by atoms with E-state index >= 15 is 0 Å². The fourth-order valence-electron chi connectivity index (χ4n) is 1.42. The first-order valence-electron chi connectivity index (χ1n) is 5.47. The van der Waals surface area contributed by atoms with Crippen LogP contribution in [0.15, 0.2) is 43.8 Å². The predicted molar refractivity (Wildman–Crippen MR) is 67.3 cm³/mol. The Hall–Kier alpha value is -2.81. The van der Waals surface area contributed by atoms with Crippen LogP contribution in [0.4, 0.5) is 17.1 Å². The summed E-state index contributed by atoms with van der Waals surface area (Å²) in [5.74, 6) is 0. The van der Waals surface area contributed by atoms with E-state index in [1.165, 1.54) is 31.4 Å². The summed E-state index contributed by atoms with van der Waals surface area (Å²) < 4.78 is 9.45. The summed E-state index contributed by atoms with van der Waals surface area (Å²) in [7, 11) is 1.46. The molecule has 0 bridgehead atoms. The standard InChI is InChI=1S/C11H10N4O5/c1-19-6-9-10(11(16)20-14-9)13-12-7-2-4-8(5-3-7)15(17)18/h2-5,14H,6H2,1H3. The molecular weight excluding hydrogens is 268 g/mol. The van der Waals surface area contributed by atoms with Gasteiger partial charge in [-0.1, -0.05) is 0 Å². The number of aromatic nitrogens is 1. The topological polar surface area (TPSA) is 123 Å². The molecule has 1 heterocycles. The van der Waals surface area contributed by atoms with Gasteiger partial charge in [-0.05, 0) is 12.1 Å². The van der Waals surface area contributed by atoms with E-state index < -0.39 is 10.5 Å². The third-order valence-corrected chi connectivity index (χ3v) is 2.36. The molecule has 0 spiro atoms. The monoisotopic (exact) mass is 278 g/mol. The molecule has 2 aromatic rings. The number of aromatic amines is 1. The Kier molecular flexibility index (Phi) is 4.01. The van der Waals surface area contributed by atoms with Crippen LogP contribution in [0.2, 0.25) is 0 Å². The Balaban J connectivity index is 2.23. The summed E-state index contributed by atoms with van der Waals surface area (Å²) >= 11 is 0. The van der Waals surface area contributed by atoms with Gasteiger partial charge in [0.2, 0.25) is 0 Å². The third-order valence-electron chi connectivity index (χ3n) is 2.36. The highest BCUT2D eigenvalue weighted by Gasteiger charge is 2.11. The van der Waals surface area contributed by atoms with Gasteiger partial charge in [0.15, 0.2) is 5.69 Å². The van der Waals surface area contributed by atoms with E-state index in [2.05, 4.69) is 19.9 Å². The maximum Gasteiger partial charge on any atom is 0.385 e. The van der Waals surface area contributed by atoms with E-state index in [1.807, 2.05) is 0 Å². The zero-order chi connectivity index (χ0) is 14.5. The van der Waals surface area contributed by atoms with Gasteiger partial charge >= 0.3 is 5.63 Å². The summed E-state index contributed by atoms with van der Waals surface area (Å²) in [5, 5.41) is 20.5. The van der Waals surface area contributed by atoms with Gasteiger partial charge in [0.1, 0.15) is 5.69 Å². The molecule has 0 atom stereocenters. The van der Waals surface area contributed by atoms with E-state index in [-0.39, 0.29) is 18.0 Å².